The van der Waals surface area contributed by atoms with Crippen LogP contribution in [0.25, 0.3) is 22.1 Å². The van der Waals surface area contributed by atoms with E-state index < -0.39 is 6.09 Å². The minimum atomic E-state index is -0.429. The highest BCUT2D eigenvalue weighted by Crippen LogP contribution is 2.30. The summed E-state index contributed by atoms with van der Waals surface area (Å²) in [5.74, 6) is 0.549. The predicted octanol–water partition coefficient (Wildman–Crippen LogP) is 4.01. The number of nitrogens with zero attached hydrogens (tertiary/aromatic N) is 1. The Bertz CT molecular complexity index is 1050. The Morgan fingerprint density at radius 2 is 1.79 bits per heavy atom. The van der Waals surface area contributed by atoms with E-state index in [1.165, 1.54) is 25.5 Å². The Morgan fingerprint density at radius 3 is 2.39 bits per heavy atom. The van der Waals surface area contributed by atoms with Gasteiger partial charge in [-0.2, -0.15) is 0 Å². The van der Waals surface area contributed by atoms with Crippen molar-refractivity contribution >= 4 is 17.1 Å². The van der Waals surface area contributed by atoms with Crippen LogP contribution in [0.5, 0.6) is 17.2 Å². The normalized spacial score (nSPS) is 10.7. The Labute approximate surface area is 161 Å². The van der Waals surface area contributed by atoms with Crippen molar-refractivity contribution in [2.45, 2.75) is 13.8 Å². The average molecular weight is 383 g/mol. The molecule has 0 unspecified atom stereocenters. The first kappa shape index (κ1) is 19.3. The highest BCUT2D eigenvalue weighted by Gasteiger charge is 2.15. The molecular weight excluding hydrogens is 362 g/mol. The Hall–Kier alpha value is -3.48. The van der Waals surface area contributed by atoms with E-state index in [2.05, 4.69) is 0 Å². The lowest BCUT2D eigenvalue weighted by Crippen LogP contribution is -2.33. The van der Waals surface area contributed by atoms with Crippen LogP contribution < -0.4 is 14.9 Å². The second-order valence-electron chi connectivity index (χ2n) is 6.06. The molecular formula is C21H21NO6. The summed E-state index contributed by atoms with van der Waals surface area (Å²) >= 11 is 0. The number of fused-ring (bicyclic) bond motifs is 1. The molecule has 3 rings (SSSR count). The fourth-order valence-corrected chi connectivity index (χ4v) is 2.87. The second kappa shape index (κ2) is 8.04. The molecule has 1 N–H and O–H groups in total. The first-order chi connectivity index (χ1) is 13.5. The van der Waals surface area contributed by atoms with E-state index in [0.29, 0.717) is 30.2 Å². The van der Waals surface area contributed by atoms with Crippen molar-refractivity contribution in [2.75, 3.05) is 20.2 Å². The summed E-state index contributed by atoms with van der Waals surface area (Å²) in [7, 11) is 1.46. The molecule has 3 aromatic rings. The fourth-order valence-electron chi connectivity index (χ4n) is 2.87. The van der Waals surface area contributed by atoms with Crippen molar-refractivity contribution in [3.63, 3.8) is 0 Å². The molecule has 0 aliphatic heterocycles. The summed E-state index contributed by atoms with van der Waals surface area (Å²) in [5, 5.41) is 10.3. The maximum Gasteiger partial charge on any atom is 0.415 e. The van der Waals surface area contributed by atoms with Crippen molar-refractivity contribution in [1.29, 1.82) is 0 Å². The van der Waals surface area contributed by atoms with Crippen molar-refractivity contribution in [3.8, 4) is 28.4 Å². The third-order valence-electron chi connectivity index (χ3n) is 4.46. The lowest BCUT2D eigenvalue weighted by molar-refractivity contribution is 0.157. The fraction of sp³-hybridized carbons (Fsp3) is 0.238. The first-order valence-corrected chi connectivity index (χ1v) is 8.88. The number of ether oxygens (including phenoxy) is 2. The zero-order valence-electron chi connectivity index (χ0n) is 15.9. The van der Waals surface area contributed by atoms with Crippen molar-refractivity contribution < 1.29 is 23.8 Å². The molecule has 2 aromatic carbocycles. The molecule has 0 spiro atoms. The Morgan fingerprint density at radius 1 is 1.11 bits per heavy atom. The SMILES string of the molecule is CCN(CC)C(=O)Oc1ccc(-c2coc3cc(OC)cc(O)c3c2=O)cc1. The maximum absolute atomic E-state index is 12.8. The average Bonchev–Trinajstić information content (AvgIpc) is 2.69. The molecule has 0 saturated carbocycles. The topological polar surface area (TPSA) is 89.2 Å². The smallest absolute Gasteiger partial charge is 0.415 e. The molecule has 0 saturated heterocycles. The molecule has 1 aromatic heterocycles. The second-order valence-corrected chi connectivity index (χ2v) is 6.06. The Balaban J connectivity index is 1.93. The van der Waals surface area contributed by atoms with Gasteiger partial charge in [0.25, 0.3) is 0 Å². The number of carbonyl (C=O) groups is 1. The molecule has 0 atom stereocenters. The summed E-state index contributed by atoms with van der Waals surface area (Å²) in [5.41, 5.74) is 0.729. The minimum Gasteiger partial charge on any atom is -0.507 e. The van der Waals surface area contributed by atoms with Crippen molar-refractivity contribution in [3.05, 3.63) is 52.9 Å². The van der Waals surface area contributed by atoms with E-state index in [0.717, 1.165) is 0 Å². The molecule has 28 heavy (non-hydrogen) atoms. The van der Waals surface area contributed by atoms with Crippen LogP contribution >= 0.6 is 0 Å². The lowest BCUT2D eigenvalue weighted by atomic mass is 10.0. The quantitative estimate of drug-likeness (QED) is 0.716. The standard InChI is InChI=1S/C21H21NO6/c1-4-22(5-2)21(25)28-14-8-6-13(7-9-14)16-12-27-18-11-15(26-3)10-17(23)19(18)20(16)24/h6-12,23H,4-5H2,1-3H3. The number of aromatic hydroxyl groups is 1. The lowest BCUT2D eigenvalue weighted by Gasteiger charge is -2.17. The van der Waals surface area contributed by atoms with Gasteiger partial charge in [0.1, 0.15) is 34.5 Å². The molecule has 0 fully saturated rings. The minimum absolute atomic E-state index is 0.0790. The van der Waals surface area contributed by atoms with Crippen LogP contribution in [0.15, 0.2) is 51.9 Å². The monoisotopic (exact) mass is 383 g/mol. The van der Waals surface area contributed by atoms with Gasteiger partial charge < -0.3 is 23.9 Å². The van der Waals surface area contributed by atoms with Gasteiger partial charge in [0, 0.05) is 25.2 Å². The summed E-state index contributed by atoms with van der Waals surface area (Å²) in [4.78, 5) is 26.4. The van der Waals surface area contributed by atoms with E-state index in [9.17, 15) is 14.7 Å². The maximum atomic E-state index is 12.8. The molecule has 1 amide bonds. The number of carbonyl (C=O) groups excluding carboxylic acids is 1. The van der Waals surface area contributed by atoms with Crippen LogP contribution in [0.3, 0.4) is 0 Å². The molecule has 146 valence electrons. The van der Waals surface area contributed by atoms with Crippen LogP contribution in [0, 0.1) is 0 Å². The summed E-state index contributed by atoms with van der Waals surface area (Å²) < 4.78 is 15.9. The number of amides is 1. The number of methoxy groups -OCH3 is 1. The van der Waals surface area contributed by atoms with Gasteiger partial charge in [0.2, 0.25) is 5.43 Å². The van der Waals surface area contributed by atoms with Gasteiger partial charge in [-0.15, -0.1) is 0 Å². The van der Waals surface area contributed by atoms with E-state index in [-0.39, 0.29) is 27.7 Å². The molecule has 0 aliphatic rings. The molecule has 1 heterocycles. The van der Waals surface area contributed by atoms with E-state index in [1.54, 1.807) is 29.2 Å². The summed E-state index contributed by atoms with van der Waals surface area (Å²) in [6.07, 6.45) is 0.905. The van der Waals surface area contributed by atoms with Gasteiger partial charge in [-0.1, -0.05) is 12.1 Å². The highest BCUT2D eigenvalue weighted by atomic mass is 16.6. The zero-order valence-corrected chi connectivity index (χ0v) is 15.9. The van der Waals surface area contributed by atoms with E-state index in [1.807, 2.05) is 13.8 Å². The van der Waals surface area contributed by atoms with Gasteiger partial charge in [-0.3, -0.25) is 4.79 Å². The third kappa shape index (κ3) is 3.64. The van der Waals surface area contributed by atoms with Gasteiger partial charge in [-0.25, -0.2) is 4.79 Å². The van der Waals surface area contributed by atoms with Crippen LogP contribution in [0.4, 0.5) is 4.79 Å². The van der Waals surface area contributed by atoms with E-state index >= 15 is 0 Å². The van der Waals surface area contributed by atoms with Crippen molar-refractivity contribution in [1.82, 2.24) is 4.90 Å². The number of rotatable bonds is 5. The van der Waals surface area contributed by atoms with Gasteiger partial charge in [0.15, 0.2) is 0 Å². The number of hydrogen-bond donors (Lipinski definition) is 1. The number of phenols is 1. The van der Waals surface area contributed by atoms with Gasteiger partial charge in [-0.05, 0) is 31.5 Å². The first-order valence-electron chi connectivity index (χ1n) is 8.88. The molecule has 7 nitrogen and oxygen atoms in total. The predicted molar refractivity (Wildman–Crippen MR) is 105 cm³/mol. The van der Waals surface area contributed by atoms with Crippen LogP contribution in [0.1, 0.15) is 13.8 Å². The van der Waals surface area contributed by atoms with Crippen LogP contribution in [-0.4, -0.2) is 36.3 Å². The van der Waals surface area contributed by atoms with Crippen LogP contribution in [-0.2, 0) is 0 Å². The highest BCUT2D eigenvalue weighted by molar-refractivity contribution is 5.88. The largest absolute Gasteiger partial charge is 0.507 e. The number of hydrogen-bond acceptors (Lipinski definition) is 6. The van der Waals surface area contributed by atoms with Crippen molar-refractivity contribution in [2.24, 2.45) is 0 Å². The third-order valence-corrected chi connectivity index (χ3v) is 4.46. The Kier molecular flexibility index (Phi) is 5.54. The number of phenolic OH excluding ortho intramolecular Hbond substituents is 1. The molecule has 0 radical (unpaired) electrons. The summed E-state index contributed by atoms with van der Waals surface area (Å²) in [6.45, 7) is 4.86. The van der Waals surface area contributed by atoms with Gasteiger partial charge in [0.05, 0.1) is 12.7 Å². The number of benzene rings is 2. The van der Waals surface area contributed by atoms with E-state index in [4.69, 9.17) is 13.9 Å². The molecule has 0 bridgehead atoms. The van der Waals surface area contributed by atoms with Gasteiger partial charge >= 0.3 is 6.09 Å². The molecule has 0 aliphatic carbocycles. The molecule has 7 heteroatoms. The summed E-state index contributed by atoms with van der Waals surface area (Å²) in [6, 6.07) is 9.42. The van der Waals surface area contributed by atoms with Crippen LogP contribution in [0.2, 0.25) is 0 Å². The zero-order chi connectivity index (χ0) is 20.3.